The van der Waals surface area contributed by atoms with Gasteiger partial charge >= 0.3 is 0 Å². The van der Waals surface area contributed by atoms with Gasteiger partial charge in [-0.25, -0.2) is 0 Å². The lowest BCUT2D eigenvalue weighted by molar-refractivity contribution is -0.114. The maximum absolute atomic E-state index is 13.4. The van der Waals surface area contributed by atoms with Gasteiger partial charge in [0.15, 0.2) is 5.88 Å². The second-order valence-electron chi connectivity index (χ2n) is 7.50. The summed E-state index contributed by atoms with van der Waals surface area (Å²) < 4.78 is 5.15. The minimum atomic E-state index is -0.577. The van der Waals surface area contributed by atoms with E-state index in [-0.39, 0.29) is 17.6 Å². The monoisotopic (exact) mass is 470 g/mol. The number of carbonyl (C=O) groups excluding carboxylic acids is 2. The fourth-order valence-electron chi connectivity index (χ4n) is 3.69. The Morgan fingerprint density at radius 3 is 2.38 bits per heavy atom. The fraction of sp³-hybridized carbons (Fsp3) is 0.115. The van der Waals surface area contributed by atoms with Gasteiger partial charge in [0, 0.05) is 23.0 Å². The number of nitrogens with zero attached hydrogens (tertiary/aromatic N) is 1. The van der Waals surface area contributed by atoms with Gasteiger partial charge in [-0.2, -0.15) is 5.26 Å². The number of dihydropyridines is 1. The van der Waals surface area contributed by atoms with E-state index in [1.165, 1.54) is 18.0 Å². The summed E-state index contributed by atoms with van der Waals surface area (Å²) in [6.45, 7) is 1.80. The minimum absolute atomic E-state index is 0.0640. The number of amides is 2. The number of furan rings is 1. The average Bonchev–Trinajstić information content (AvgIpc) is 3.36. The molecule has 2 aromatic carbocycles. The maximum Gasteiger partial charge on any atom is 0.254 e. The Morgan fingerprint density at radius 1 is 1.03 bits per heavy atom. The van der Waals surface area contributed by atoms with Crippen molar-refractivity contribution in [2.75, 3.05) is 16.4 Å². The molecule has 0 saturated carbocycles. The molecule has 0 bridgehead atoms. The highest BCUT2D eigenvalue weighted by atomic mass is 32.2. The Hall–Kier alpha value is -4.22. The predicted octanol–water partition coefficient (Wildman–Crippen LogP) is 4.99. The summed E-state index contributed by atoms with van der Waals surface area (Å²) >= 11 is 1.21. The van der Waals surface area contributed by atoms with Crippen LogP contribution in [-0.4, -0.2) is 17.6 Å². The van der Waals surface area contributed by atoms with Gasteiger partial charge in [-0.05, 0) is 30.7 Å². The number of hydrogen-bond acceptors (Lipinski definition) is 6. The first-order valence-electron chi connectivity index (χ1n) is 10.6. The summed E-state index contributed by atoms with van der Waals surface area (Å²) in [5.74, 6) is -0.717. The number of anilines is 2. The molecule has 1 atom stereocenters. The van der Waals surface area contributed by atoms with Crippen LogP contribution in [0.3, 0.4) is 0 Å². The smallest absolute Gasteiger partial charge is 0.254 e. The van der Waals surface area contributed by atoms with Crippen molar-refractivity contribution in [3.05, 3.63) is 106 Å². The van der Waals surface area contributed by atoms with Crippen LogP contribution in [0.25, 0.3) is 0 Å². The van der Waals surface area contributed by atoms with Gasteiger partial charge in [0.2, 0.25) is 5.91 Å². The number of allylic oxidation sites excluding steroid dienone is 2. The van der Waals surface area contributed by atoms with E-state index in [1.807, 2.05) is 60.7 Å². The summed E-state index contributed by atoms with van der Waals surface area (Å²) in [6, 6.07) is 24.2. The van der Waals surface area contributed by atoms with Gasteiger partial charge in [0.05, 0.1) is 34.6 Å². The topological polar surface area (TPSA) is 107 Å². The number of rotatable bonds is 7. The zero-order valence-electron chi connectivity index (χ0n) is 18.4. The largest absolute Gasteiger partial charge is 0.449 e. The van der Waals surface area contributed by atoms with Crippen molar-refractivity contribution in [1.29, 1.82) is 5.26 Å². The number of nitrogens with one attached hydrogen (secondary N) is 3. The van der Waals surface area contributed by atoms with Gasteiger partial charge in [0.1, 0.15) is 0 Å². The summed E-state index contributed by atoms with van der Waals surface area (Å²) in [4.78, 5) is 25.7. The standard InChI is InChI=1S/C26H22N4O3S/c1-17-23(25(32)29-19-11-6-3-7-12-19)24(18-9-4-2-5-10-18)20(15-27)26(28-17)34-16-21(31)30-22-13-8-14-33-22/h2-14,24,28H,16H2,1H3,(H,29,32)(H,30,31)/t24-/m0/s1. The molecule has 34 heavy (non-hydrogen) atoms. The van der Waals surface area contributed by atoms with Crippen molar-refractivity contribution in [1.82, 2.24) is 5.32 Å². The number of carbonyl (C=O) groups is 2. The highest BCUT2D eigenvalue weighted by molar-refractivity contribution is 8.03. The molecule has 1 aromatic heterocycles. The van der Waals surface area contributed by atoms with Crippen molar-refractivity contribution >= 4 is 35.1 Å². The van der Waals surface area contributed by atoms with E-state index in [2.05, 4.69) is 22.0 Å². The van der Waals surface area contributed by atoms with E-state index in [1.54, 1.807) is 19.1 Å². The third kappa shape index (κ3) is 5.22. The molecule has 3 N–H and O–H groups in total. The number of nitriles is 1. The second-order valence-corrected chi connectivity index (χ2v) is 8.48. The van der Waals surface area contributed by atoms with Gasteiger partial charge in [0.25, 0.3) is 5.91 Å². The molecule has 0 fully saturated rings. The average molecular weight is 471 g/mol. The minimum Gasteiger partial charge on any atom is -0.449 e. The summed E-state index contributed by atoms with van der Waals surface area (Å²) in [5, 5.41) is 19.4. The van der Waals surface area contributed by atoms with Gasteiger partial charge in [-0.15, -0.1) is 0 Å². The molecule has 2 heterocycles. The lowest BCUT2D eigenvalue weighted by Gasteiger charge is -2.29. The van der Waals surface area contributed by atoms with E-state index >= 15 is 0 Å². The Kier molecular flexibility index (Phi) is 7.16. The van der Waals surface area contributed by atoms with Crippen molar-refractivity contribution < 1.29 is 14.0 Å². The van der Waals surface area contributed by atoms with Crippen molar-refractivity contribution in [2.24, 2.45) is 0 Å². The van der Waals surface area contributed by atoms with Crippen LogP contribution in [0.4, 0.5) is 11.6 Å². The van der Waals surface area contributed by atoms with Gasteiger partial charge in [-0.1, -0.05) is 60.3 Å². The Morgan fingerprint density at radius 2 is 1.74 bits per heavy atom. The first kappa shape index (κ1) is 23.0. The first-order chi connectivity index (χ1) is 16.6. The molecule has 2 amide bonds. The number of hydrogen-bond donors (Lipinski definition) is 3. The van der Waals surface area contributed by atoms with E-state index < -0.39 is 5.92 Å². The second kappa shape index (κ2) is 10.6. The van der Waals surface area contributed by atoms with Crippen LogP contribution in [-0.2, 0) is 9.59 Å². The molecule has 3 aromatic rings. The Labute approximate surface area is 201 Å². The summed E-state index contributed by atoms with van der Waals surface area (Å²) in [5.41, 5.74) is 2.94. The lowest BCUT2D eigenvalue weighted by Crippen LogP contribution is -2.31. The normalized spacial score (nSPS) is 15.4. The van der Waals surface area contributed by atoms with E-state index in [9.17, 15) is 14.9 Å². The molecule has 0 spiro atoms. The van der Waals surface area contributed by atoms with Crippen molar-refractivity contribution in [2.45, 2.75) is 12.8 Å². The number of benzene rings is 2. The van der Waals surface area contributed by atoms with Crippen LogP contribution >= 0.6 is 11.8 Å². The van der Waals surface area contributed by atoms with Gasteiger partial charge < -0.3 is 15.1 Å². The maximum atomic E-state index is 13.4. The summed E-state index contributed by atoms with van der Waals surface area (Å²) in [7, 11) is 0. The Bertz CT molecular complexity index is 1280. The van der Waals surface area contributed by atoms with Crippen molar-refractivity contribution in [3.8, 4) is 6.07 Å². The third-order valence-corrected chi connectivity index (χ3v) is 6.21. The zero-order chi connectivity index (χ0) is 23.9. The quantitative estimate of drug-likeness (QED) is 0.449. The molecule has 4 rings (SSSR count). The molecular weight excluding hydrogens is 448 g/mol. The zero-order valence-corrected chi connectivity index (χ0v) is 19.2. The highest BCUT2D eigenvalue weighted by Gasteiger charge is 2.34. The van der Waals surface area contributed by atoms with Crippen LogP contribution in [0.5, 0.6) is 0 Å². The highest BCUT2D eigenvalue weighted by Crippen LogP contribution is 2.40. The molecule has 1 aliphatic heterocycles. The predicted molar refractivity (Wildman–Crippen MR) is 133 cm³/mol. The Balaban J connectivity index is 1.63. The van der Waals surface area contributed by atoms with Crippen LogP contribution in [0.2, 0.25) is 0 Å². The SMILES string of the molecule is CC1=C(C(=O)Nc2ccccc2)[C@@H](c2ccccc2)C(C#N)=C(SCC(=O)Nc2ccco2)N1. The van der Waals surface area contributed by atoms with Crippen LogP contribution in [0, 0.1) is 11.3 Å². The molecule has 170 valence electrons. The van der Waals surface area contributed by atoms with Crippen LogP contribution in [0.15, 0.2) is 105 Å². The molecule has 0 saturated heterocycles. The molecule has 8 heteroatoms. The van der Waals surface area contributed by atoms with Crippen molar-refractivity contribution in [3.63, 3.8) is 0 Å². The number of para-hydroxylation sites is 1. The molecule has 0 radical (unpaired) electrons. The molecule has 0 unspecified atom stereocenters. The number of thioether (sulfide) groups is 1. The first-order valence-corrected chi connectivity index (χ1v) is 11.5. The third-order valence-electron chi connectivity index (χ3n) is 5.19. The molecular formula is C26H22N4O3S. The van der Waals surface area contributed by atoms with Gasteiger partial charge in [-0.3, -0.25) is 14.9 Å². The summed E-state index contributed by atoms with van der Waals surface area (Å²) in [6.07, 6.45) is 1.47. The molecule has 1 aliphatic rings. The van der Waals surface area contributed by atoms with Crippen LogP contribution in [0.1, 0.15) is 18.4 Å². The molecule has 0 aliphatic carbocycles. The lowest BCUT2D eigenvalue weighted by atomic mass is 9.82. The fourth-order valence-corrected chi connectivity index (χ4v) is 4.58. The van der Waals surface area contributed by atoms with E-state index in [0.29, 0.717) is 33.4 Å². The van der Waals surface area contributed by atoms with Crippen LogP contribution < -0.4 is 16.0 Å². The molecule has 7 nitrogen and oxygen atoms in total. The van der Waals surface area contributed by atoms with E-state index in [0.717, 1.165) is 5.56 Å². The van der Waals surface area contributed by atoms with E-state index in [4.69, 9.17) is 4.42 Å².